The van der Waals surface area contributed by atoms with E-state index in [-0.39, 0.29) is 17.9 Å². The Kier molecular flexibility index (Phi) is 10.8. The van der Waals surface area contributed by atoms with Gasteiger partial charge in [-0.1, -0.05) is 53.7 Å². The molecule has 0 atom stereocenters. The van der Waals surface area contributed by atoms with Gasteiger partial charge in [0.25, 0.3) is 11.8 Å². The van der Waals surface area contributed by atoms with E-state index in [0.717, 1.165) is 57.2 Å². The monoisotopic (exact) mass is 727 g/mol. The van der Waals surface area contributed by atoms with Crippen LogP contribution in [0.4, 0.5) is 0 Å². The molecule has 4 heterocycles. The number of amides is 2. The van der Waals surface area contributed by atoms with Gasteiger partial charge < -0.3 is 19.1 Å². The normalized spacial score (nSPS) is 13.3. The summed E-state index contributed by atoms with van der Waals surface area (Å²) in [5, 5.41) is 10.9. The molecule has 0 spiro atoms. The predicted molar refractivity (Wildman–Crippen MR) is 207 cm³/mol. The molecule has 53 heavy (non-hydrogen) atoms. The second kappa shape index (κ2) is 16.0. The molecular weight excluding hydrogens is 683 g/mol. The van der Waals surface area contributed by atoms with E-state index in [0.29, 0.717) is 50.5 Å². The Bertz CT molecular complexity index is 2170. The molecule has 10 nitrogen and oxygen atoms in total. The van der Waals surface area contributed by atoms with Crippen molar-refractivity contribution in [2.45, 2.75) is 66.3 Å². The minimum absolute atomic E-state index is 0.0609. The van der Waals surface area contributed by atoms with Gasteiger partial charge in [-0.25, -0.2) is 9.67 Å². The van der Waals surface area contributed by atoms with Crippen molar-refractivity contribution in [2.24, 2.45) is 0 Å². The van der Waals surface area contributed by atoms with Gasteiger partial charge in [0, 0.05) is 49.7 Å². The van der Waals surface area contributed by atoms with Crippen molar-refractivity contribution in [1.29, 1.82) is 0 Å². The standard InChI is InChI=1S/C42H45N7O3S/c1-5-46(25-32-22-30(3)39(31(4)23-32)52-28-35-11-7-6-10-29(35)2)41(50)33-12-8-13-34(24-33)42(51)47-18-15-37(16-19-47)49-27-36(44-45-49)26-48-20-17-43-40(48)38-14-9-21-53-38/h6-14,17,20-24,27,37H,5,15-16,18-19,25-26,28H2,1-4H3. The van der Waals surface area contributed by atoms with Gasteiger partial charge in [0.1, 0.15) is 23.9 Å². The van der Waals surface area contributed by atoms with Crippen LogP contribution in [-0.2, 0) is 19.7 Å². The first-order valence-electron chi connectivity index (χ1n) is 18.2. The Hall–Kier alpha value is -5.55. The molecule has 6 aromatic rings. The molecule has 2 amide bonds. The highest BCUT2D eigenvalue weighted by molar-refractivity contribution is 7.13. The van der Waals surface area contributed by atoms with Crippen LogP contribution < -0.4 is 4.74 Å². The van der Waals surface area contributed by atoms with Crippen LogP contribution in [0.25, 0.3) is 10.7 Å². The van der Waals surface area contributed by atoms with Gasteiger partial charge in [0.05, 0.1) is 23.7 Å². The molecule has 272 valence electrons. The number of ether oxygens (including phenoxy) is 1. The quantitative estimate of drug-likeness (QED) is 0.127. The highest BCUT2D eigenvalue weighted by Gasteiger charge is 2.26. The molecule has 3 aromatic carbocycles. The molecule has 11 heteroatoms. The van der Waals surface area contributed by atoms with Gasteiger partial charge in [-0.05, 0) is 98.0 Å². The van der Waals surface area contributed by atoms with Crippen LogP contribution in [0.15, 0.2) is 96.8 Å². The number of hydrogen-bond acceptors (Lipinski definition) is 7. The van der Waals surface area contributed by atoms with Crippen molar-refractivity contribution >= 4 is 23.2 Å². The molecule has 3 aromatic heterocycles. The van der Waals surface area contributed by atoms with Crippen molar-refractivity contribution in [2.75, 3.05) is 19.6 Å². The third-order valence-electron chi connectivity index (χ3n) is 10.0. The van der Waals surface area contributed by atoms with Gasteiger partial charge in [-0.2, -0.15) is 0 Å². The molecule has 1 saturated heterocycles. The second-order valence-corrected chi connectivity index (χ2v) is 14.7. The van der Waals surface area contributed by atoms with E-state index in [2.05, 4.69) is 57.1 Å². The van der Waals surface area contributed by atoms with Crippen LogP contribution in [0.1, 0.15) is 80.0 Å². The molecule has 1 fully saturated rings. The van der Waals surface area contributed by atoms with Gasteiger partial charge in [0.2, 0.25) is 0 Å². The Labute approximate surface area is 314 Å². The van der Waals surface area contributed by atoms with Crippen LogP contribution in [-0.4, -0.2) is 65.8 Å². The highest BCUT2D eigenvalue weighted by Crippen LogP contribution is 2.28. The van der Waals surface area contributed by atoms with Crippen molar-refractivity contribution in [3.63, 3.8) is 0 Å². The molecule has 7 rings (SSSR count). The maximum absolute atomic E-state index is 13.8. The number of nitrogens with zero attached hydrogens (tertiary/aromatic N) is 7. The first-order valence-corrected chi connectivity index (χ1v) is 19.1. The van der Waals surface area contributed by atoms with Crippen molar-refractivity contribution in [3.8, 4) is 16.5 Å². The van der Waals surface area contributed by atoms with E-state index in [1.165, 1.54) is 5.56 Å². The number of piperidine rings is 1. The summed E-state index contributed by atoms with van der Waals surface area (Å²) in [5.41, 5.74) is 7.38. The third-order valence-corrected chi connectivity index (χ3v) is 10.9. The maximum Gasteiger partial charge on any atom is 0.254 e. The van der Waals surface area contributed by atoms with E-state index in [1.54, 1.807) is 35.6 Å². The number of carbonyl (C=O) groups excluding carboxylic acids is 2. The summed E-state index contributed by atoms with van der Waals surface area (Å²) >= 11 is 1.66. The van der Waals surface area contributed by atoms with Crippen LogP contribution in [0.3, 0.4) is 0 Å². The van der Waals surface area contributed by atoms with E-state index < -0.39 is 0 Å². The summed E-state index contributed by atoms with van der Waals surface area (Å²) in [4.78, 5) is 36.8. The van der Waals surface area contributed by atoms with E-state index in [1.807, 2.05) is 77.4 Å². The lowest BCUT2D eigenvalue weighted by atomic mass is 10.0. The number of imidazole rings is 1. The molecule has 0 aliphatic carbocycles. The van der Waals surface area contributed by atoms with Gasteiger partial charge >= 0.3 is 0 Å². The third kappa shape index (κ3) is 8.10. The topological polar surface area (TPSA) is 98.4 Å². The second-order valence-electron chi connectivity index (χ2n) is 13.7. The van der Waals surface area contributed by atoms with Crippen LogP contribution >= 0.6 is 11.3 Å². The first kappa shape index (κ1) is 35.8. The first-order chi connectivity index (χ1) is 25.8. The van der Waals surface area contributed by atoms with Crippen molar-refractivity contribution in [3.05, 3.63) is 141 Å². The number of hydrogen-bond donors (Lipinski definition) is 0. The fraction of sp³-hybridized carbons (Fsp3) is 0.310. The number of aromatic nitrogens is 5. The van der Waals surface area contributed by atoms with E-state index in [9.17, 15) is 9.59 Å². The van der Waals surface area contributed by atoms with Gasteiger partial charge in [0.15, 0.2) is 0 Å². The largest absolute Gasteiger partial charge is 0.488 e. The molecular formula is C42H45N7O3S. The SMILES string of the molecule is CCN(Cc1cc(C)c(OCc2ccccc2C)c(C)c1)C(=O)c1cccc(C(=O)N2CCC(n3cc(Cn4ccnc4-c4cccs4)nn3)CC2)c1. The number of likely N-dealkylation sites (tertiary alicyclic amines) is 1. The Balaban J connectivity index is 0.948. The zero-order chi connectivity index (χ0) is 36.9. The molecule has 0 bridgehead atoms. The van der Waals surface area contributed by atoms with Crippen LogP contribution in [0.5, 0.6) is 5.75 Å². The lowest BCUT2D eigenvalue weighted by molar-refractivity contribution is 0.0689. The molecule has 0 saturated carbocycles. The number of aryl methyl sites for hydroxylation is 3. The smallest absolute Gasteiger partial charge is 0.254 e. The van der Waals surface area contributed by atoms with E-state index >= 15 is 0 Å². The Morgan fingerprint density at radius 3 is 2.43 bits per heavy atom. The summed E-state index contributed by atoms with van der Waals surface area (Å²) < 4.78 is 10.3. The summed E-state index contributed by atoms with van der Waals surface area (Å²) in [5.74, 6) is 1.64. The zero-order valence-electron chi connectivity index (χ0n) is 30.7. The molecule has 0 unspecified atom stereocenters. The predicted octanol–water partition coefficient (Wildman–Crippen LogP) is 7.90. The summed E-state index contributed by atoms with van der Waals surface area (Å²) in [6, 6.07) is 23.8. The maximum atomic E-state index is 13.8. The average Bonchev–Trinajstić information content (AvgIpc) is 3.97. The van der Waals surface area contributed by atoms with Gasteiger partial charge in [-0.3, -0.25) is 9.59 Å². The summed E-state index contributed by atoms with van der Waals surface area (Å²) in [7, 11) is 0. The fourth-order valence-electron chi connectivity index (χ4n) is 7.12. The highest BCUT2D eigenvalue weighted by atomic mass is 32.1. The van der Waals surface area contributed by atoms with Gasteiger partial charge in [-0.15, -0.1) is 16.4 Å². The molecule has 1 aliphatic heterocycles. The molecule has 0 radical (unpaired) electrons. The average molecular weight is 728 g/mol. The minimum Gasteiger partial charge on any atom is -0.488 e. The van der Waals surface area contributed by atoms with Crippen molar-refractivity contribution < 1.29 is 14.3 Å². The van der Waals surface area contributed by atoms with Crippen molar-refractivity contribution in [1.82, 2.24) is 34.3 Å². The lowest BCUT2D eigenvalue weighted by Crippen LogP contribution is -2.39. The Morgan fingerprint density at radius 1 is 0.925 bits per heavy atom. The number of rotatable bonds is 12. The van der Waals surface area contributed by atoms with Crippen LogP contribution in [0, 0.1) is 20.8 Å². The fourth-order valence-corrected chi connectivity index (χ4v) is 7.86. The summed E-state index contributed by atoms with van der Waals surface area (Å²) in [6.07, 6.45) is 7.33. The molecule has 1 aliphatic rings. The van der Waals surface area contributed by atoms with E-state index in [4.69, 9.17) is 4.74 Å². The Morgan fingerprint density at radius 2 is 1.70 bits per heavy atom. The lowest BCUT2D eigenvalue weighted by Gasteiger charge is -2.32. The molecule has 0 N–H and O–H groups in total. The number of thiophene rings is 1. The number of carbonyl (C=O) groups is 2. The summed E-state index contributed by atoms with van der Waals surface area (Å²) in [6.45, 7) is 11.5. The number of benzene rings is 3. The minimum atomic E-state index is -0.101. The zero-order valence-corrected chi connectivity index (χ0v) is 31.6. The van der Waals surface area contributed by atoms with Crippen LogP contribution in [0.2, 0.25) is 0 Å².